The monoisotopic (exact) mass is 431 g/mol. The van der Waals surface area contributed by atoms with Gasteiger partial charge < -0.3 is 19.7 Å². The van der Waals surface area contributed by atoms with Gasteiger partial charge in [0.05, 0.1) is 25.4 Å². The standard InChI is InChI=1S/C23H30ClN3O3/c1-4-29-19-8-9-22(30-5-2)20(15-19)25-23(28)16-26-10-12-27(13-11-26)21-14-18(24)7-6-17(21)3/h6-9,14-15H,4-5,10-13,16H2,1-3H3,(H,25,28). The second-order valence-corrected chi connectivity index (χ2v) is 7.70. The molecule has 1 heterocycles. The zero-order valence-corrected chi connectivity index (χ0v) is 18.7. The van der Waals surface area contributed by atoms with Crippen LogP contribution < -0.4 is 19.7 Å². The Morgan fingerprint density at radius 3 is 2.47 bits per heavy atom. The van der Waals surface area contributed by atoms with E-state index in [4.69, 9.17) is 21.1 Å². The molecule has 162 valence electrons. The average molecular weight is 432 g/mol. The minimum Gasteiger partial charge on any atom is -0.494 e. The highest BCUT2D eigenvalue weighted by Gasteiger charge is 2.21. The Balaban J connectivity index is 1.57. The van der Waals surface area contributed by atoms with Gasteiger partial charge >= 0.3 is 0 Å². The van der Waals surface area contributed by atoms with Crippen molar-refractivity contribution in [3.8, 4) is 11.5 Å². The van der Waals surface area contributed by atoms with Crippen LogP contribution in [-0.4, -0.2) is 56.7 Å². The summed E-state index contributed by atoms with van der Waals surface area (Å²) in [6.45, 7) is 10.7. The summed E-state index contributed by atoms with van der Waals surface area (Å²) in [6.07, 6.45) is 0. The molecule has 6 nitrogen and oxygen atoms in total. The van der Waals surface area contributed by atoms with E-state index in [0.717, 1.165) is 31.2 Å². The molecule has 1 aliphatic heterocycles. The molecule has 1 fully saturated rings. The molecule has 0 aliphatic carbocycles. The number of nitrogens with zero attached hydrogens (tertiary/aromatic N) is 2. The molecular formula is C23H30ClN3O3. The third kappa shape index (κ3) is 5.80. The molecule has 7 heteroatoms. The maximum absolute atomic E-state index is 12.7. The Morgan fingerprint density at radius 2 is 1.77 bits per heavy atom. The molecule has 1 aliphatic rings. The SMILES string of the molecule is CCOc1ccc(OCC)c(NC(=O)CN2CCN(c3cc(Cl)ccc3C)CC2)c1. The molecule has 30 heavy (non-hydrogen) atoms. The first kappa shape index (κ1) is 22.2. The number of halogens is 1. The molecular weight excluding hydrogens is 402 g/mol. The Morgan fingerprint density at radius 1 is 1.03 bits per heavy atom. The minimum absolute atomic E-state index is 0.0583. The van der Waals surface area contributed by atoms with Crippen LogP contribution in [0.5, 0.6) is 11.5 Å². The summed E-state index contributed by atoms with van der Waals surface area (Å²) in [5, 5.41) is 3.73. The van der Waals surface area contributed by atoms with Gasteiger partial charge in [-0.2, -0.15) is 0 Å². The van der Waals surface area contributed by atoms with Crippen LogP contribution in [-0.2, 0) is 4.79 Å². The van der Waals surface area contributed by atoms with Crippen LogP contribution in [0.15, 0.2) is 36.4 Å². The van der Waals surface area contributed by atoms with E-state index in [-0.39, 0.29) is 5.91 Å². The Kier molecular flexibility index (Phi) is 7.82. The lowest BCUT2D eigenvalue weighted by atomic mass is 10.1. The topological polar surface area (TPSA) is 54.0 Å². The van der Waals surface area contributed by atoms with Crippen LogP contribution in [0.3, 0.4) is 0 Å². The highest BCUT2D eigenvalue weighted by molar-refractivity contribution is 6.30. The average Bonchev–Trinajstić information content (AvgIpc) is 2.73. The zero-order chi connectivity index (χ0) is 21.5. The van der Waals surface area contributed by atoms with Crippen molar-refractivity contribution in [2.24, 2.45) is 0 Å². The molecule has 0 aromatic heterocycles. The molecule has 1 amide bonds. The molecule has 0 spiro atoms. The summed E-state index contributed by atoms with van der Waals surface area (Å²) < 4.78 is 11.2. The van der Waals surface area contributed by atoms with Crippen LogP contribution in [0, 0.1) is 6.92 Å². The molecule has 0 bridgehead atoms. The molecule has 3 rings (SSSR count). The van der Waals surface area contributed by atoms with E-state index in [0.29, 0.717) is 36.9 Å². The van der Waals surface area contributed by atoms with Gasteiger partial charge in [-0.3, -0.25) is 9.69 Å². The van der Waals surface area contributed by atoms with Crippen LogP contribution >= 0.6 is 11.6 Å². The van der Waals surface area contributed by atoms with Crippen molar-refractivity contribution in [1.82, 2.24) is 4.90 Å². The van der Waals surface area contributed by atoms with E-state index < -0.39 is 0 Å². The summed E-state index contributed by atoms with van der Waals surface area (Å²) in [7, 11) is 0. The molecule has 1 saturated heterocycles. The Hall–Kier alpha value is -2.44. The predicted octanol–water partition coefficient (Wildman–Crippen LogP) is 4.21. The maximum atomic E-state index is 12.7. The van der Waals surface area contributed by atoms with Gasteiger partial charge in [0.15, 0.2) is 0 Å². The second kappa shape index (κ2) is 10.5. The number of ether oxygens (including phenoxy) is 2. The van der Waals surface area contributed by atoms with Crippen LogP contribution in [0.4, 0.5) is 11.4 Å². The quantitative estimate of drug-likeness (QED) is 0.678. The molecule has 2 aromatic carbocycles. The van der Waals surface area contributed by atoms with E-state index in [1.165, 1.54) is 11.3 Å². The summed E-state index contributed by atoms with van der Waals surface area (Å²) in [5.74, 6) is 1.30. The highest BCUT2D eigenvalue weighted by atomic mass is 35.5. The summed E-state index contributed by atoms with van der Waals surface area (Å²) in [4.78, 5) is 17.2. The predicted molar refractivity (Wildman–Crippen MR) is 122 cm³/mol. The van der Waals surface area contributed by atoms with Crippen molar-refractivity contribution < 1.29 is 14.3 Å². The number of anilines is 2. The van der Waals surface area contributed by atoms with E-state index in [9.17, 15) is 4.79 Å². The van der Waals surface area contributed by atoms with Crippen molar-refractivity contribution >= 4 is 28.9 Å². The number of hydrogen-bond acceptors (Lipinski definition) is 5. The molecule has 2 aromatic rings. The van der Waals surface area contributed by atoms with Crippen LogP contribution in [0.2, 0.25) is 5.02 Å². The van der Waals surface area contributed by atoms with Gasteiger partial charge in [-0.1, -0.05) is 17.7 Å². The number of carbonyl (C=O) groups excluding carboxylic acids is 1. The number of benzene rings is 2. The molecule has 0 unspecified atom stereocenters. The molecule has 1 N–H and O–H groups in total. The normalized spacial score (nSPS) is 14.5. The lowest BCUT2D eigenvalue weighted by Crippen LogP contribution is -2.48. The van der Waals surface area contributed by atoms with E-state index >= 15 is 0 Å². The first-order valence-corrected chi connectivity index (χ1v) is 10.8. The summed E-state index contributed by atoms with van der Waals surface area (Å²) in [5.41, 5.74) is 3.02. The zero-order valence-electron chi connectivity index (χ0n) is 17.9. The number of carbonyl (C=O) groups is 1. The lowest BCUT2D eigenvalue weighted by molar-refractivity contribution is -0.117. The van der Waals surface area contributed by atoms with Crippen molar-refractivity contribution in [3.63, 3.8) is 0 Å². The van der Waals surface area contributed by atoms with E-state index in [1.807, 2.05) is 50.2 Å². The van der Waals surface area contributed by atoms with Crippen molar-refractivity contribution in [2.45, 2.75) is 20.8 Å². The van der Waals surface area contributed by atoms with Crippen LogP contribution in [0.25, 0.3) is 0 Å². The van der Waals surface area contributed by atoms with E-state index in [2.05, 4.69) is 22.0 Å². The largest absolute Gasteiger partial charge is 0.494 e. The minimum atomic E-state index is -0.0583. The number of rotatable bonds is 8. The van der Waals surface area contributed by atoms with Crippen molar-refractivity contribution in [2.75, 3.05) is 56.2 Å². The number of nitrogens with one attached hydrogen (secondary N) is 1. The lowest BCUT2D eigenvalue weighted by Gasteiger charge is -2.36. The molecule has 0 atom stereocenters. The van der Waals surface area contributed by atoms with Crippen molar-refractivity contribution in [3.05, 3.63) is 47.0 Å². The fraction of sp³-hybridized carbons (Fsp3) is 0.435. The number of amides is 1. The third-order valence-electron chi connectivity index (χ3n) is 5.09. The van der Waals surface area contributed by atoms with E-state index in [1.54, 1.807) is 0 Å². The third-order valence-corrected chi connectivity index (χ3v) is 5.32. The number of aryl methyl sites for hydroxylation is 1. The fourth-order valence-electron chi connectivity index (χ4n) is 3.61. The van der Waals surface area contributed by atoms with Gasteiger partial charge in [0.2, 0.25) is 5.91 Å². The first-order chi connectivity index (χ1) is 14.5. The van der Waals surface area contributed by atoms with Gasteiger partial charge in [-0.05, 0) is 50.6 Å². The van der Waals surface area contributed by atoms with Gasteiger partial charge in [-0.15, -0.1) is 0 Å². The molecule has 0 saturated carbocycles. The second-order valence-electron chi connectivity index (χ2n) is 7.27. The fourth-order valence-corrected chi connectivity index (χ4v) is 3.77. The van der Waals surface area contributed by atoms with Gasteiger partial charge in [-0.25, -0.2) is 0 Å². The maximum Gasteiger partial charge on any atom is 0.238 e. The van der Waals surface area contributed by atoms with Crippen LogP contribution in [0.1, 0.15) is 19.4 Å². The van der Waals surface area contributed by atoms with Gasteiger partial charge in [0.25, 0.3) is 0 Å². The van der Waals surface area contributed by atoms with Gasteiger partial charge in [0.1, 0.15) is 11.5 Å². The van der Waals surface area contributed by atoms with Crippen molar-refractivity contribution in [1.29, 1.82) is 0 Å². The highest BCUT2D eigenvalue weighted by Crippen LogP contribution is 2.30. The number of hydrogen-bond donors (Lipinski definition) is 1. The first-order valence-electron chi connectivity index (χ1n) is 10.4. The Labute approximate surface area is 183 Å². The Bertz CT molecular complexity index is 867. The van der Waals surface area contributed by atoms with Gasteiger partial charge in [0, 0.05) is 43.0 Å². The summed E-state index contributed by atoms with van der Waals surface area (Å²) >= 11 is 6.17. The number of piperazine rings is 1. The summed E-state index contributed by atoms with van der Waals surface area (Å²) in [6, 6.07) is 11.5. The smallest absolute Gasteiger partial charge is 0.238 e. The molecule has 0 radical (unpaired) electrons.